The molecule has 1 aromatic heterocycles. The molecule has 2 aliphatic rings. The maximum absolute atomic E-state index is 12.6. The van der Waals surface area contributed by atoms with Crippen molar-refractivity contribution >= 4 is 12.0 Å². The van der Waals surface area contributed by atoms with E-state index in [2.05, 4.69) is 29.1 Å². The van der Waals surface area contributed by atoms with E-state index in [1.54, 1.807) is 12.3 Å². The number of nitrogens with one attached hydrogen (secondary N) is 1. The second-order valence-electron chi connectivity index (χ2n) is 7.06. The van der Waals surface area contributed by atoms with E-state index < -0.39 is 0 Å². The van der Waals surface area contributed by atoms with E-state index in [9.17, 15) is 4.79 Å². The van der Waals surface area contributed by atoms with Crippen LogP contribution in [0, 0.1) is 6.92 Å². The smallest absolute Gasteiger partial charge is 0.324 e. The third-order valence-electron chi connectivity index (χ3n) is 4.36. The molecule has 120 valence electrons. The minimum Gasteiger partial charge on any atom is -0.365 e. The van der Waals surface area contributed by atoms with Crippen LogP contribution in [0.2, 0.25) is 0 Å². The topological polar surface area (TPSA) is 67.4 Å². The minimum atomic E-state index is -0.326. The van der Waals surface area contributed by atoms with Crippen molar-refractivity contribution in [2.24, 2.45) is 0 Å². The van der Waals surface area contributed by atoms with Crippen molar-refractivity contribution in [3.8, 4) is 0 Å². The number of carbonyl (C=O) groups excluding carboxylic acids is 1. The maximum atomic E-state index is 12.6. The van der Waals surface area contributed by atoms with Crippen LogP contribution >= 0.6 is 0 Å². The number of morpholine rings is 1. The molecule has 1 saturated heterocycles. The van der Waals surface area contributed by atoms with E-state index in [1.165, 1.54) is 12.8 Å². The SMILES string of the molecule is Cc1ccnc(NC(=O)N2CC(C)(C)OC3(CCCC3)C2)n1. The quantitative estimate of drug-likeness (QED) is 0.866. The molecule has 0 atom stereocenters. The number of carbonyl (C=O) groups is 1. The number of nitrogens with zero attached hydrogens (tertiary/aromatic N) is 3. The summed E-state index contributed by atoms with van der Waals surface area (Å²) in [6.45, 7) is 7.20. The Morgan fingerprint density at radius 2 is 2.05 bits per heavy atom. The van der Waals surface area contributed by atoms with Crippen molar-refractivity contribution < 1.29 is 9.53 Å². The average molecular weight is 304 g/mol. The van der Waals surface area contributed by atoms with Gasteiger partial charge in [-0.1, -0.05) is 12.8 Å². The molecule has 2 heterocycles. The van der Waals surface area contributed by atoms with Gasteiger partial charge in [0.2, 0.25) is 5.95 Å². The molecule has 1 N–H and O–H groups in total. The fourth-order valence-corrected chi connectivity index (χ4v) is 3.62. The van der Waals surface area contributed by atoms with Crippen LogP contribution in [0.4, 0.5) is 10.7 Å². The maximum Gasteiger partial charge on any atom is 0.324 e. The lowest BCUT2D eigenvalue weighted by atomic mass is 9.94. The van der Waals surface area contributed by atoms with Gasteiger partial charge in [0.1, 0.15) is 0 Å². The van der Waals surface area contributed by atoms with E-state index in [4.69, 9.17) is 4.74 Å². The van der Waals surface area contributed by atoms with Gasteiger partial charge in [-0.2, -0.15) is 0 Å². The number of aromatic nitrogens is 2. The lowest BCUT2D eigenvalue weighted by Gasteiger charge is -2.48. The average Bonchev–Trinajstić information content (AvgIpc) is 2.84. The first kappa shape index (κ1) is 15.2. The highest BCUT2D eigenvalue weighted by Crippen LogP contribution is 2.40. The fourth-order valence-electron chi connectivity index (χ4n) is 3.62. The molecule has 0 bridgehead atoms. The Morgan fingerprint density at radius 3 is 2.73 bits per heavy atom. The monoisotopic (exact) mass is 304 g/mol. The number of ether oxygens (including phenoxy) is 1. The summed E-state index contributed by atoms with van der Waals surface area (Å²) in [6.07, 6.45) is 6.06. The molecule has 1 spiro atoms. The van der Waals surface area contributed by atoms with Gasteiger partial charge in [0.15, 0.2) is 0 Å². The molecule has 2 fully saturated rings. The molecule has 1 aromatic rings. The van der Waals surface area contributed by atoms with Crippen LogP contribution in [0.25, 0.3) is 0 Å². The van der Waals surface area contributed by atoms with Gasteiger partial charge >= 0.3 is 6.03 Å². The third kappa shape index (κ3) is 3.21. The molecule has 22 heavy (non-hydrogen) atoms. The zero-order valence-electron chi connectivity index (χ0n) is 13.6. The highest BCUT2D eigenvalue weighted by atomic mass is 16.5. The van der Waals surface area contributed by atoms with E-state index in [0.29, 0.717) is 19.0 Å². The Morgan fingerprint density at radius 1 is 1.32 bits per heavy atom. The highest BCUT2D eigenvalue weighted by molar-refractivity contribution is 5.87. The molecule has 6 nitrogen and oxygen atoms in total. The second-order valence-corrected chi connectivity index (χ2v) is 7.06. The van der Waals surface area contributed by atoms with E-state index in [0.717, 1.165) is 18.5 Å². The number of amides is 2. The summed E-state index contributed by atoms with van der Waals surface area (Å²) in [6, 6.07) is 1.66. The van der Waals surface area contributed by atoms with Gasteiger partial charge in [0.25, 0.3) is 0 Å². The predicted molar refractivity (Wildman–Crippen MR) is 83.7 cm³/mol. The number of urea groups is 1. The number of rotatable bonds is 1. The number of anilines is 1. The molecule has 0 radical (unpaired) electrons. The van der Waals surface area contributed by atoms with Crippen LogP contribution in [-0.4, -0.2) is 45.2 Å². The molecule has 1 aliphatic heterocycles. The molecule has 1 aliphatic carbocycles. The molecule has 0 unspecified atom stereocenters. The lowest BCUT2D eigenvalue weighted by Crippen LogP contribution is -2.60. The summed E-state index contributed by atoms with van der Waals surface area (Å²) >= 11 is 0. The second kappa shape index (κ2) is 5.50. The van der Waals surface area contributed by atoms with Crippen molar-refractivity contribution in [1.82, 2.24) is 14.9 Å². The standard InChI is InChI=1S/C16H24N4O2/c1-12-6-9-17-13(18-12)19-14(21)20-10-15(2,3)22-16(11-20)7-4-5-8-16/h6,9H,4-5,7-8,10-11H2,1-3H3,(H,17,18,19,21). The van der Waals surface area contributed by atoms with Crippen molar-refractivity contribution in [2.45, 2.75) is 57.7 Å². The van der Waals surface area contributed by atoms with Crippen molar-refractivity contribution in [3.05, 3.63) is 18.0 Å². The minimum absolute atomic E-state index is 0.145. The molecule has 2 amide bonds. The van der Waals surface area contributed by atoms with Crippen molar-refractivity contribution in [3.63, 3.8) is 0 Å². The highest BCUT2D eigenvalue weighted by Gasteiger charge is 2.47. The summed E-state index contributed by atoms with van der Waals surface area (Å²) in [5.41, 5.74) is 0.333. The normalized spacial score (nSPS) is 22.8. The largest absolute Gasteiger partial charge is 0.365 e. The zero-order valence-corrected chi connectivity index (χ0v) is 13.6. The number of hydrogen-bond acceptors (Lipinski definition) is 4. The molecule has 3 rings (SSSR count). The van der Waals surface area contributed by atoms with Gasteiger partial charge in [-0.05, 0) is 39.7 Å². The van der Waals surface area contributed by atoms with Crippen molar-refractivity contribution in [2.75, 3.05) is 18.4 Å². The van der Waals surface area contributed by atoms with E-state index in [1.807, 2.05) is 11.8 Å². The summed E-state index contributed by atoms with van der Waals surface area (Å²) in [5, 5.41) is 2.81. The van der Waals surface area contributed by atoms with Crippen LogP contribution in [0.1, 0.15) is 45.2 Å². The van der Waals surface area contributed by atoms with Gasteiger partial charge < -0.3 is 9.64 Å². The molecule has 0 aromatic carbocycles. The van der Waals surface area contributed by atoms with Gasteiger partial charge in [0.05, 0.1) is 24.3 Å². The Labute approximate surface area is 131 Å². The predicted octanol–water partition coefficient (Wildman–Crippen LogP) is 2.74. The van der Waals surface area contributed by atoms with Crippen LogP contribution in [0.5, 0.6) is 0 Å². The molecular weight excluding hydrogens is 280 g/mol. The number of aryl methyl sites for hydroxylation is 1. The van der Waals surface area contributed by atoms with E-state index in [-0.39, 0.29) is 17.2 Å². The molecule has 1 saturated carbocycles. The summed E-state index contributed by atoms with van der Waals surface area (Å²) in [4.78, 5) is 22.8. The fraction of sp³-hybridized carbons (Fsp3) is 0.688. The summed E-state index contributed by atoms with van der Waals surface area (Å²) < 4.78 is 6.32. The molecular formula is C16H24N4O2. The van der Waals surface area contributed by atoms with Gasteiger partial charge in [0, 0.05) is 11.9 Å². The van der Waals surface area contributed by atoms with Crippen LogP contribution < -0.4 is 5.32 Å². The van der Waals surface area contributed by atoms with Gasteiger partial charge in [-0.15, -0.1) is 0 Å². The Bertz CT molecular complexity index is 567. The Kier molecular flexibility index (Phi) is 3.80. The molecule has 6 heteroatoms. The Hall–Kier alpha value is -1.69. The first-order valence-corrected chi connectivity index (χ1v) is 7.93. The van der Waals surface area contributed by atoms with Gasteiger partial charge in [-0.25, -0.2) is 14.8 Å². The zero-order chi connectivity index (χ0) is 15.8. The van der Waals surface area contributed by atoms with Crippen LogP contribution in [0.15, 0.2) is 12.3 Å². The first-order chi connectivity index (χ1) is 10.4. The van der Waals surface area contributed by atoms with Gasteiger partial charge in [-0.3, -0.25) is 5.32 Å². The van der Waals surface area contributed by atoms with Crippen LogP contribution in [-0.2, 0) is 4.74 Å². The van der Waals surface area contributed by atoms with Crippen LogP contribution in [0.3, 0.4) is 0 Å². The summed E-state index contributed by atoms with van der Waals surface area (Å²) in [7, 11) is 0. The lowest BCUT2D eigenvalue weighted by molar-refractivity contribution is -0.183. The first-order valence-electron chi connectivity index (χ1n) is 7.93. The third-order valence-corrected chi connectivity index (χ3v) is 4.36. The number of hydrogen-bond donors (Lipinski definition) is 1. The Balaban J connectivity index is 1.73. The van der Waals surface area contributed by atoms with Crippen molar-refractivity contribution in [1.29, 1.82) is 0 Å². The summed E-state index contributed by atoms with van der Waals surface area (Å²) in [5.74, 6) is 0.356. The van der Waals surface area contributed by atoms with E-state index >= 15 is 0 Å².